The van der Waals surface area contributed by atoms with Crippen molar-refractivity contribution in [1.29, 1.82) is 0 Å². The number of benzene rings is 2. The van der Waals surface area contributed by atoms with Crippen LogP contribution < -0.4 is 0 Å². The molecule has 1 aliphatic heterocycles. The Morgan fingerprint density at radius 2 is 1.77 bits per heavy atom. The minimum Gasteiger partial charge on any atom is -0.480 e. The molecule has 3 rings (SSSR count). The van der Waals surface area contributed by atoms with Crippen molar-refractivity contribution < 1.29 is 22.6 Å². The third-order valence-electron chi connectivity index (χ3n) is 6.46. The lowest BCUT2D eigenvalue weighted by Gasteiger charge is -2.38. The van der Waals surface area contributed by atoms with E-state index in [2.05, 4.69) is 27.4 Å². The lowest BCUT2D eigenvalue weighted by molar-refractivity contribution is -0.137. The predicted octanol–water partition coefficient (Wildman–Crippen LogP) is 9.23. The van der Waals surface area contributed by atoms with Gasteiger partial charge in [-0.05, 0) is 74.4 Å². The van der Waals surface area contributed by atoms with E-state index in [-0.39, 0.29) is 17.9 Å². The van der Waals surface area contributed by atoms with Gasteiger partial charge in [-0.3, -0.25) is 0 Å². The number of nitrogens with zero attached hydrogens (tertiary/aromatic N) is 2. The van der Waals surface area contributed by atoms with Crippen molar-refractivity contribution in [2.45, 2.75) is 80.9 Å². The first-order valence-corrected chi connectivity index (χ1v) is 14.3. The Hall–Kier alpha value is -2.45. The minimum atomic E-state index is -4.39. The average Bonchev–Trinajstić information content (AvgIpc) is 2.85. The molecule has 2 aromatic carbocycles. The molecule has 1 aliphatic rings. The standard InChI is InChI=1S/C30H36ClF3N2O2S/c1-7-15-29(28(38-9-3)35-26(19(4)5)27(36-29)37-8-2)18-20(6)24-14-13-23(17-25(24)31)39-22-12-10-11-21(16-22)30(32,33)34/h7,10-14,16-17,19-20,26H,1,8-9,15,18H2,2-6H3/t20-,26-,29?/m0/s1. The Labute approximate surface area is 238 Å². The third kappa shape index (κ3) is 7.60. The fourth-order valence-electron chi connectivity index (χ4n) is 4.68. The van der Waals surface area contributed by atoms with Crippen LogP contribution in [0.3, 0.4) is 0 Å². The van der Waals surface area contributed by atoms with Gasteiger partial charge in [-0.25, -0.2) is 9.98 Å². The quantitative estimate of drug-likeness (QED) is 0.263. The van der Waals surface area contributed by atoms with E-state index in [1.165, 1.54) is 17.8 Å². The van der Waals surface area contributed by atoms with Gasteiger partial charge >= 0.3 is 6.18 Å². The van der Waals surface area contributed by atoms with Gasteiger partial charge in [0.25, 0.3) is 0 Å². The molecular formula is C30H36ClF3N2O2S. The minimum absolute atomic E-state index is 0.0436. The molecule has 1 heterocycles. The maximum absolute atomic E-state index is 13.1. The SMILES string of the molecule is C=CCC1(C[C@H](C)c2ccc(Sc3cccc(C(F)(F)F)c3)cc2Cl)N=C(OCC)[C@H](C(C)C)N=C1OCC. The zero-order chi connectivity index (χ0) is 28.8. The molecule has 0 amide bonds. The second kappa shape index (κ2) is 13.3. The van der Waals surface area contributed by atoms with Crippen LogP contribution in [0.1, 0.15) is 64.5 Å². The van der Waals surface area contributed by atoms with E-state index >= 15 is 0 Å². The van der Waals surface area contributed by atoms with Crippen molar-refractivity contribution in [3.8, 4) is 0 Å². The molecule has 0 aliphatic carbocycles. The van der Waals surface area contributed by atoms with Gasteiger partial charge in [-0.15, -0.1) is 6.58 Å². The average molecular weight is 581 g/mol. The van der Waals surface area contributed by atoms with Crippen molar-refractivity contribution >= 4 is 35.2 Å². The van der Waals surface area contributed by atoms with Crippen molar-refractivity contribution in [3.63, 3.8) is 0 Å². The van der Waals surface area contributed by atoms with Gasteiger partial charge in [0.05, 0.1) is 18.8 Å². The van der Waals surface area contributed by atoms with E-state index < -0.39 is 17.3 Å². The van der Waals surface area contributed by atoms with E-state index in [4.69, 9.17) is 31.1 Å². The van der Waals surface area contributed by atoms with Gasteiger partial charge < -0.3 is 9.47 Å². The summed E-state index contributed by atoms with van der Waals surface area (Å²) in [6.45, 7) is 15.0. The Bertz CT molecular complexity index is 1210. The molecule has 0 saturated heterocycles. The fraction of sp³-hybridized carbons (Fsp3) is 0.467. The summed E-state index contributed by atoms with van der Waals surface area (Å²) in [5.74, 6) is 1.31. The van der Waals surface area contributed by atoms with Crippen molar-refractivity contribution in [3.05, 3.63) is 71.3 Å². The summed E-state index contributed by atoms with van der Waals surface area (Å²) in [4.78, 5) is 11.3. The van der Waals surface area contributed by atoms with Crippen molar-refractivity contribution in [1.82, 2.24) is 0 Å². The van der Waals surface area contributed by atoms with Crippen LogP contribution in [0.4, 0.5) is 13.2 Å². The lowest BCUT2D eigenvalue weighted by Crippen LogP contribution is -2.47. The zero-order valence-electron chi connectivity index (χ0n) is 23.0. The second-order valence-electron chi connectivity index (χ2n) is 9.88. The Kier molecular flexibility index (Phi) is 10.6. The van der Waals surface area contributed by atoms with Crippen LogP contribution in [0.25, 0.3) is 0 Å². The Morgan fingerprint density at radius 3 is 2.36 bits per heavy atom. The smallest absolute Gasteiger partial charge is 0.416 e. The molecule has 1 unspecified atom stereocenters. The molecule has 4 nitrogen and oxygen atoms in total. The highest BCUT2D eigenvalue weighted by atomic mass is 35.5. The summed E-state index contributed by atoms with van der Waals surface area (Å²) in [5, 5.41) is 0.535. The van der Waals surface area contributed by atoms with Crippen molar-refractivity contribution in [2.75, 3.05) is 13.2 Å². The van der Waals surface area contributed by atoms with E-state index in [1.54, 1.807) is 12.1 Å². The van der Waals surface area contributed by atoms with E-state index in [0.717, 1.165) is 22.6 Å². The van der Waals surface area contributed by atoms with Crippen LogP contribution in [0.5, 0.6) is 0 Å². The topological polar surface area (TPSA) is 43.2 Å². The molecule has 3 atom stereocenters. The summed E-state index contributed by atoms with van der Waals surface area (Å²) in [5.41, 5.74) is -0.562. The highest BCUT2D eigenvalue weighted by Crippen LogP contribution is 2.41. The highest BCUT2D eigenvalue weighted by molar-refractivity contribution is 7.99. The Balaban J connectivity index is 1.91. The third-order valence-corrected chi connectivity index (χ3v) is 7.77. The number of hydrogen-bond donors (Lipinski definition) is 0. The summed E-state index contributed by atoms with van der Waals surface area (Å²) in [6, 6.07) is 10.6. The second-order valence-corrected chi connectivity index (χ2v) is 11.4. The van der Waals surface area contributed by atoms with Crippen LogP contribution in [0, 0.1) is 5.92 Å². The number of hydrogen-bond acceptors (Lipinski definition) is 5. The van der Waals surface area contributed by atoms with Crippen LogP contribution in [-0.2, 0) is 15.7 Å². The number of alkyl halides is 3. The molecule has 0 N–H and O–H groups in total. The van der Waals surface area contributed by atoms with Gasteiger partial charge in [0.1, 0.15) is 11.6 Å². The normalized spacial score (nSPS) is 20.3. The maximum atomic E-state index is 13.1. The molecule has 212 valence electrons. The summed E-state index contributed by atoms with van der Waals surface area (Å²) in [6.07, 6.45) is -1.50. The molecule has 0 aromatic heterocycles. The van der Waals surface area contributed by atoms with E-state index in [9.17, 15) is 13.2 Å². The Morgan fingerprint density at radius 1 is 1.08 bits per heavy atom. The van der Waals surface area contributed by atoms with Gasteiger partial charge in [-0.2, -0.15) is 13.2 Å². The monoisotopic (exact) mass is 580 g/mol. The molecule has 0 bridgehead atoms. The number of halogens is 4. The maximum Gasteiger partial charge on any atom is 0.416 e. The van der Waals surface area contributed by atoms with Gasteiger partial charge in [0, 0.05) is 14.8 Å². The number of rotatable bonds is 10. The van der Waals surface area contributed by atoms with Gasteiger partial charge in [-0.1, -0.05) is 62.3 Å². The van der Waals surface area contributed by atoms with Crippen LogP contribution in [0.2, 0.25) is 5.02 Å². The van der Waals surface area contributed by atoms with Gasteiger partial charge in [0.2, 0.25) is 11.8 Å². The number of ether oxygens (including phenoxy) is 2. The molecule has 39 heavy (non-hydrogen) atoms. The molecule has 0 spiro atoms. The fourth-order valence-corrected chi connectivity index (χ4v) is 6.03. The zero-order valence-corrected chi connectivity index (χ0v) is 24.6. The van der Waals surface area contributed by atoms with Gasteiger partial charge in [0.15, 0.2) is 0 Å². The molecule has 2 aromatic rings. The van der Waals surface area contributed by atoms with Crippen molar-refractivity contribution in [2.24, 2.45) is 15.9 Å². The summed E-state index contributed by atoms with van der Waals surface area (Å²) >= 11 is 7.98. The van der Waals surface area contributed by atoms with E-state index in [0.29, 0.717) is 47.8 Å². The lowest BCUT2D eigenvalue weighted by atomic mass is 9.81. The first kappa shape index (κ1) is 31.1. The highest BCUT2D eigenvalue weighted by Gasteiger charge is 2.44. The van der Waals surface area contributed by atoms with Crippen LogP contribution in [-0.4, -0.2) is 36.6 Å². The number of aliphatic imine (C=N–C) groups is 2. The molecular weight excluding hydrogens is 545 g/mol. The predicted molar refractivity (Wildman–Crippen MR) is 154 cm³/mol. The first-order chi connectivity index (χ1) is 18.4. The van der Waals surface area contributed by atoms with Crippen LogP contribution in [0.15, 0.2) is 74.9 Å². The molecule has 9 heteroatoms. The summed E-state index contributed by atoms with van der Waals surface area (Å²) in [7, 11) is 0. The van der Waals surface area contributed by atoms with Crippen LogP contribution >= 0.6 is 23.4 Å². The molecule has 0 saturated carbocycles. The molecule has 0 radical (unpaired) electrons. The summed E-state index contributed by atoms with van der Waals surface area (Å²) < 4.78 is 51.4. The molecule has 0 fully saturated rings. The van der Waals surface area contributed by atoms with E-state index in [1.807, 2.05) is 32.1 Å². The largest absolute Gasteiger partial charge is 0.480 e. The first-order valence-electron chi connectivity index (χ1n) is 13.1.